The summed E-state index contributed by atoms with van der Waals surface area (Å²) < 4.78 is 25.6. The van der Waals surface area contributed by atoms with E-state index < -0.39 is 36.4 Å². The van der Waals surface area contributed by atoms with Crippen LogP contribution in [0.3, 0.4) is 0 Å². The first-order chi connectivity index (χ1) is 18.7. The molecule has 0 aliphatic carbocycles. The van der Waals surface area contributed by atoms with E-state index >= 15 is 0 Å². The Balaban J connectivity index is 0. The van der Waals surface area contributed by atoms with Gasteiger partial charge in [0.1, 0.15) is 0 Å². The normalized spacial score (nSPS) is 11.1. The van der Waals surface area contributed by atoms with Gasteiger partial charge in [-0.15, -0.1) is 0 Å². The predicted molar refractivity (Wildman–Crippen MR) is 152 cm³/mol. The Kier molecular flexibility index (Phi) is 28.2. The number of unbranched alkanes of at least 4 members (excludes halogenated alkanes) is 9. The molecule has 9 nitrogen and oxygen atoms in total. The second-order valence-electron chi connectivity index (χ2n) is 9.62. The lowest BCUT2D eigenvalue weighted by Crippen LogP contribution is -2.45. The van der Waals surface area contributed by atoms with Crippen LogP contribution >= 0.6 is 0 Å². The maximum atomic E-state index is 12.5. The largest absolute Gasteiger partial charge is 0.466 e. The van der Waals surface area contributed by atoms with Gasteiger partial charge in [0, 0.05) is 13.2 Å². The van der Waals surface area contributed by atoms with Crippen molar-refractivity contribution in [3.8, 4) is 0 Å². The van der Waals surface area contributed by atoms with Gasteiger partial charge in [-0.3, -0.25) is 9.59 Å². The second kappa shape index (κ2) is 27.8. The van der Waals surface area contributed by atoms with Crippen molar-refractivity contribution in [1.29, 1.82) is 0 Å². The van der Waals surface area contributed by atoms with Gasteiger partial charge in [-0.1, -0.05) is 78.6 Å². The molecule has 0 bridgehead atoms. The fourth-order valence-corrected chi connectivity index (χ4v) is 3.56. The summed E-state index contributed by atoms with van der Waals surface area (Å²) in [6, 6.07) is 0. The first-order valence-electron chi connectivity index (χ1n) is 15.1. The molecule has 0 aromatic carbocycles. The number of hydrogen-bond acceptors (Lipinski definition) is 9. The highest BCUT2D eigenvalue weighted by Gasteiger charge is 2.43. The average molecular weight is 563 g/mol. The molecule has 39 heavy (non-hydrogen) atoms. The van der Waals surface area contributed by atoms with Gasteiger partial charge >= 0.3 is 17.9 Å². The van der Waals surface area contributed by atoms with Gasteiger partial charge in [-0.25, -0.2) is 4.79 Å². The topological polar surface area (TPSA) is 118 Å². The van der Waals surface area contributed by atoms with E-state index in [9.17, 15) is 19.5 Å². The van der Waals surface area contributed by atoms with Crippen molar-refractivity contribution in [2.24, 2.45) is 0 Å². The fraction of sp³-hybridized carbons (Fsp3) is 0.900. The summed E-state index contributed by atoms with van der Waals surface area (Å²) in [5, 5.41) is 10.8. The third-order valence-electron chi connectivity index (χ3n) is 5.81. The van der Waals surface area contributed by atoms with Crippen molar-refractivity contribution in [3.05, 3.63) is 0 Å². The number of ether oxygens (including phenoxy) is 5. The van der Waals surface area contributed by atoms with E-state index in [1.165, 1.54) is 0 Å². The molecule has 1 N–H and O–H groups in total. The molecule has 0 spiro atoms. The van der Waals surface area contributed by atoms with Crippen molar-refractivity contribution in [2.75, 3.05) is 33.0 Å². The monoisotopic (exact) mass is 562 g/mol. The number of carbonyl (C=O) groups is 3. The molecule has 9 heteroatoms. The van der Waals surface area contributed by atoms with E-state index in [1.54, 1.807) is 0 Å². The minimum absolute atomic E-state index is 0.0370. The van der Waals surface area contributed by atoms with E-state index in [4.69, 9.17) is 23.7 Å². The van der Waals surface area contributed by atoms with Gasteiger partial charge in [-0.2, -0.15) is 0 Å². The zero-order valence-electron chi connectivity index (χ0n) is 25.7. The van der Waals surface area contributed by atoms with Crippen molar-refractivity contribution >= 4 is 17.9 Å². The van der Waals surface area contributed by atoms with Crippen LogP contribution in [0.1, 0.15) is 131 Å². The zero-order valence-corrected chi connectivity index (χ0v) is 25.7. The molecule has 232 valence electrons. The lowest BCUT2D eigenvalue weighted by atomic mass is 9.95. The van der Waals surface area contributed by atoms with E-state index in [1.807, 2.05) is 20.8 Å². The molecule has 0 aliphatic rings. The van der Waals surface area contributed by atoms with Crippen LogP contribution in [0, 0.1) is 0 Å². The summed E-state index contributed by atoms with van der Waals surface area (Å²) in [6.45, 7) is 14.1. The van der Waals surface area contributed by atoms with Crippen LogP contribution < -0.4 is 0 Å². The lowest BCUT2D eigenvalue weighted by Gasteiger charge is -2.24. The molecule has 0 unspecified atom stereocenters. The molecule has 0 amide bonds. The number of aliphatic hydroxyl groups is 1. The van der Waals surface area contributed by atoms with Gasteiger partial charge in [0.05, 0.1) is 32.7 Å². The molecule has 0 aliphatic heterocycles. The van der Waals surface area contributed by atoms with Gasteiger partial charge < -0.3 is 28.8 Å². The van der Waals surface area contributed by atoms with Crippen molar-refractivity contribution in [3.63, 3.8) is 0 Å². The van der Waals surface area contributed by atoms with Crippen LogP contribution in [0.15, 0.2) is 0 Å². The molecule has 0 saturated heterocycles. The smallest absolute Gasteiger partial charge is 0.339 e. The summed E-state index contributed by atoms with van der Waals surface area (Å²) in [4.78, 5) is 36.9. The van der Waals surface area contributed by atoms with Crippen LogP contribution in [0.4, 0.5) is 0 Å². The molecule has 0 fully saturated rings. The Morgan fingerprint density at radius 3 is 1.28 bits per heavy atom. The second-order valence-corrected chi connectivity index (χ2v) is 9.62. The molecule has 0 aromatic rings. The Morgan fingerprint density at radius 1 is 0.590 bits per heavy atom. The number of carbonyl (C=O) groups excluding carboxylic acids is 3. The summed E-state index contributed by atoms with van der Waals surface area (Å²) >= 11 is 0. The molecule has 0 saturated carbocycles. The number of rotatable bonds is 24. The Bertz CT molecular complexity index is 561. The standard InChI is InChI=1S/C24H44O7.C6H14O2/c1-4-7-10-13-16-29-21(25)19-24(28,23(27)31-18-15-12-9-6-3)20-22(26)30-17-14-11-8-5-2;1-4-7-6(3)8-5-2/h28H,4-20H2,1-3H3;6H,4-5H2,1-3H3. The maximum Gasteiger partial charge on any atom is 0.339 e. The molecule has 0 radical (unpaired) electrons. The van der Waals surface area contributed by atoms with Gasteiger partial charge in [0.2, 0.25) is 0 Å². The van der Waals surface area contributed by atoms with Crippen LogP contribution in [-0.2, 0) is 38.1 Å². The van der Waals surface area contributed by atoms with E-state index in [2.05, 4.69) is 20.8 Å². The van der Waals surface area contributed by atoms with Gasteiger partial charge in [0.25, 0.3) is 0 Å². The summed E-state index contributed by atoms with van der Waals surface area (Å²) in [5.41, 5.74) is -2.27. The van der Waals surface area contributed by atoms with Crippen LogP contribution in [0.25, 0.3) is 0 Å². The molecule has 0 aromatic heterocycles. The Labute approximate surface area is 237 Å². The highest BCUT2D eigenvalue weighted by molar-refractivity contribution is 5.90. The zero-order chi connectivity index (χ0) is 29.8. The first kappa shape index (κ1) is 39.4. The SMILES string of the molecule is CCCCCCOC(=O)CC(O)(CC(=O)OCCCCCC)C(=O)OCCCCCC.CCOC(C)OCC. The third kappa shape index (κ3) is 25.0. The van der Waals surface area contributed by atoms with Gasteiger partial charge in [0.15, 0.2) is 11.9 Å². The van der Waals surface area contributed by atoms with E-state index in [-0.39, 0.29) is 26.1 Å². The number of hydrogen-bond donors (Lipinski definition) is 1. The van der Waals surface area contributed by atoms with Crippen LogP contribution in [0.5, 0.6) is 0 Å². The summed E-state index contributed by atoms with van der Waals surface area (Å²) in [6.07, 6.45) is 9.92. The fourth-order valence-electron chi connectivity index (χ4n) is 3.56. The van der Waals surface area contributed by atoms with Gasteiger partial charge in [-0.05, 0) is 40.0 Å². The summed E-state index contributed by atoms with van der Waals surface area (Å²) in [7, 11) is 0. The predicted octanol–water partition coefficient (Wildman–Crippen LogP) is 6.27. The lowest BCUT2D eigenvalue weighted by molar-refractivity contribution is -0.178. The van der Waals surface area contributed by atoms with E-state index in [0.717, 1.165) is 83.8 Å². The maximum absolute atomic E-state index is 12.5. The number of esters is 3. The molecular formula is C30H58O9. The minimum atomic E-state index is -2.27. The Morgan fingerprint density at radius 2 is 0.949 bits per heavy atom. The average Bonchev–Trinajstić information content (AvgIpc) is 2.88. The molecule has 0 rings (SSSR count). The third-order valence-corrected chi connectivity index (χ3v) is 5.81. The van der Waals surface area contributed by atoms with Crippen LogP contribution in [-0.4, -0.2) is 67.9 Å². The Hall–Kier alpha value is -1.71. The highest BCUT2D eigenvalue weighted by atomic mass is 16.7. The first-order valence-corrected chi connectivity index (χ1v) is 15.1. The minimum Gasteiger partial charge on any atom is -0.466 e. The van der Waals surface area contributed by atoms with Crippen molar-refractivity contribution < 1.29 is 43.2 Å². The quantitative estimate of drug-likeness (QED) is 0.0628. The van der Waals surface area contributed by atoms with Crippen LogP contribution in [0.2, 0.25) is 0 Å². The summed E-state index contributed by atoms with van der Waals surface area (Å²) in [5.74, 6) is -2.43. The van der Waals surface area contributed by atoms with Crippen molar-refractivity contribution in [1.82, 2.24) is 0 Å². The highest BCUT2D eigenvalue weighted by Crippen LogP contribution is 2.21. The molecular weight excluding hydrogens is 504 g/mol. The van der Waals surface area contributed by atoms with Crippen molar-refractivity contribution in [2.45, 2.75) is 143 Å². The van der Waals surface area contributed by atoms with E-state index in [0.29, 0.717) is 6.42 Å². The molecule has 0 atom stereocenters. The molecule has 0 heterocycles.